The number of likely N-dealkylation sites (N-methyl/N-ethyl adjacent to an activating group) is 1. The van der Waals surface area contributed by atoms with Crippen molar-refractivity contribution < 1.29 is 32.9 Å². The lowest BCUT2D eigenvalue weighted by atomic mass is 10.0. The Labute approximate surface area is 378 Å². The molecule has 0 spiro atoms. The Bertz CT molecular complexity index is 1130. The monoisotopic (exact) mass is 879 g/mol. The lowest BCUT2D eigenvalue weighted by Gasteiger charge is -2.29. The standard InChI is InChI=1S/C52H99N2O6P/c1-6-8-10-12-14-16-18-20-22-24-25-26-27-28-30-32-34-36-38-40-42-44-46-52(56)53-50(49-60-61(57,58)59-48-47-54(3,4)5)51(55)45-43-41-39-37-35-33-31-29-23-21-19-17-15-13-11-9-7-2/h23,27-29,35,37,43,45,50-51,55H,6-22,24-26,30-34,36,38-42,44,46-49H2,1-5H3,(H-,53,56,57,58)/b28-27-,29-23+,37-35+,45-43+. The van der Waals surface area contributed by atoms with Crippen LogP contribution in [0.3, 0.4) is 0 Å². The number of nitrogens with one attached hydrogen (secondary N) is 1. The fourth-order valence-electron chi connectivity index (χ4n) is 7.18. The van der Waals surface area contributed by atoms with Gasteiger partial charge in [0.05, 0.1) is 39.9 Å². The first-order valence-electron chi connectivity index (χ1n) is 25.5. The zero-order valence-corrected chi connectivity index (χ0v) is 41.5. The van der Waals surface area contributed by atoms with E-state index < -0.39 is 26.6 Å². The molecular weight excluding hydrogens is 780 g/mol. The molecule has 0 aromatic rings. The smallest absolute Gasteiger partial charge is 0.268 e. The maximum Gasteiger partial charge on any atom is 0.268 e. The van der Waals surface area contributed by atoms with E-state index in [9.17, 15) is 19.4 Å². The molecule has 0 aliphatic heterocycles. The van der Waals surface area contributed by atoms with Crippen molar-refractivity contribution in [3.8, 4) is 0 Å². The number of allylic oxidation sites excluding steroid dienone is 7. The SMILES string of the molecule is CCCCCCCCC/C=C/CC/C=C/CC/C=C/C(O)C(COP(=O)([O-])OCC[N+](C)(C)C)NC(=O)CCCCCCCCC/C=C\CCCCCCCCCCCCC. The second-order valence-corrected chi connectivity index (χ2v) is 19.9. The van der Waals surface area contributed by atoms with Crippen LogP contribution in [-0.2, 0) is 18.4 Å². The number of phosphoric ester groups is 1. The van der Waals surface area contributed by atoms with Gasteiger partial charge in [0, 0.05) is 6.42 Å². The van der Waals surface area contributed by atoms with Crippen LogP contribution in [0.4, 0.5) is 0 Å². The third-order valence-corrected chi connectivity index (χ3v) is 12.2. The zero-order chi connectivity index (χ0) is 45.0. The summed E-state index contributed by atoms with van der Waals surface area (Å²) >= 11 is 0. The minimum Gasteiger partial charge on any atom is -0.756 e. The van der Waals surface area contributed by atoms with E-state index in [-0.39, 0.29) is 12.5 Å². The van der Waals surface area contributed by atoms with Gasteiger partial charge in [0.25, 0.3) is 7.82 Å². The second kappa shape index (κ2) is 43.7. The molecule has 8 nitrogen and oxygen atoms in total. The van der Waals surface area contributed by atoms with Crippen LogP contribution in [0.5, 0.6) is 0 Å². The Morgan fingerprint density at radius 3 is 1.33 bits per heavy atom. The highest BCUT2D eigenvalue weighted by molar-refractivity contribution is 7.45. The first-order valence-corrected chi connectivity index (χ1v) is 27.0. The minimum absolute atomic E-state index is 0.0105. The number of rotatable bonds is 46. The van der Waals surface area contributed by atoms with Crippen molar-refractivity contribution in [3.05, 3.63) is 48.6 Å². The molecule has 3 atom stereocenters. The van der Waals surface area contributed by atoms with E-state index in [4.69, 9.17) is 9.05 Å². The average Bonchev–Trinajstić information content (AvgIpc) is 3.21. The van der Waals surface area contributed by atoms with Gasteiger partial charge >= 0.3 is 0 Å². The van der Waals surface area contributed by atoms with Crippen molar-refractivity contribution >= 4 is 13.7 Å². The van der Waals surface area contributed by atoms with Crippen molar-refractivity contribution in [1.82, 2.24) is 5.32 Å². The predicted octanol–water partition coefficient (Wildman–Crippen LogP) is 14.2. The van der Waals surface area contributed by atoms with Gasteiger partial charge in [-0.1, -0.05) is 197 Å². The fourth-order valence-corrected chi connectivity index (χ4v) is 7.90. The van der Waals surface area contributed by atoms with Crippen LogP contribution >= 0.6 is 7.82 Å². The zero-order valence-electron chi connectivity index (χ0n) is 40.6. The number of hydrogen-bond acceptors (Lipinski definition) is 6. The molecule has 2 N–H and O–H groups in total. The molecule has 0 aliphatic carbocycles. The number of hydrogen-bond donors (Lipinski definition) is 2. The molecule has 0 radical (unpaired) electrons. The molecule has 61 heavy (non-hydrogen) atoms. The number of carbonyl (C=O) groups is 1. The highest BCUT2D eigenvalue weighted by Gasteiger charge is 2.23. The molecule has 0 aliphatic rings. The normalized spacial score (nSPS) is 14.5. The van der Waals surface area contributed by atoms with Gasteiger partial charge < -0.3 is 28.8 Å². The summed E-state index contributed by atoms with van der Waals surface area (Å²) in [5.41, 5.74) is 0. The van der Waals surface area contributed by atoms with Gasteiger partial charge in [0.2, 0.25) is 5.91 Å². The van der Waals surface area contributed by atoms with Gasteiger partial charge in [-0.15, -0.1) is 0 Å². The van der Waals surface area contributed by atoms with E-state index in [0.29, 0.717) is 17.4 Å². The molecule has 0 aromatic heterocycles. The van der Waals surface area contributed by atoms with Crippen LogP contribution in [0, 0.1) is 0 Å². The summed E-state index contributed by atoms with van der Waals surface area (Å²) in [6, 6.07) is -0.912. The van der Waals surface area contributed by atoms with Crippen molar-refractivity contribution in [3.63, 3.8) is 0 Å². The lowest BCUT2D eigenvalue weighted by Crippen LogP contribution is -2.45. The van der Waals surface area contributed by atoms with Gasteiger partial charge in [0.15, 0.2) is 0 Å². The number of aliphatic hydroxyl groups excluding tert-OH is 1. The van der Waals surface area contributed by atoms with E-state index in [1.54, 1.807) is 6.08 Å². The molecule has 0 fully saturated rings. The van der Waals surface area contributed by atoms with Crippen LogP contribution in [0.25, 0.3) is 0 Å². The van der Waals surface area contributed by atoms with E-state index in [0.717, 1.165) is 44.9 Å². The number of phosphoric acid groups is 1. The Balaban J connectivity index is 4.37. The van der Waals surface area contributed by atoms with Crippen LogP contribution in [0.15, 0.2) is 48.6 Å². The van der Waals surface area contributed by atoms with Crippen molar-refractivity contribution in [1.29, 1.82) is 0 Å². The first kappa shape index (κ1) is 59.5. The number of nitrogens with zero attached hydrogens (tertiary/aromatic N) is 1. The maximum atomic E-state index is 12.9. The summed E-state index contributed by atoms with van der Waals surface area (Å²) in [5.74, 6) is -0.216. The molecule has 0 bridgehead atoms. The van der Waals surface area contributed by atoms with Crippen LogP contribution in [0.1, 0.15) is 226 Å². The quantitative estimate of drug-likeness (QED) is 0.0273. The van der Waals surface area contributed by atoms with Crippen LogP contribution in [-0.4, -0.2) is 68.5 Å². The summed E-state index contributed by atoms with van der Waals surface area (Å²) in [6.45, 7) is 4.62. The Kier molecular flexibility index (Phi) is 42.6. The van der Waals surface area contributed by atoms with Crippen LogP contribution < -0.4 is 10.2 Å². The first-order chi connectivity index (χ1) is 29.5. The summed E-state index contributed by atoms with van der Waals surface area (Å²) in [7, 11) is 1.23. The van der Waals surface area contributed by atoms with Gasteiger partial charge in [-0.3, -0.25) is 9.36 Å². The molecule has 3 unspecified atom stereocenters. The van der Waals surface area contributed by atoms with Crippen molar-refractivity contribution in [2.75, 3.05) is 40.9 Å². The Morgan fingerprint density at radius 1 is 0.557 bits per heavy atom. The third kappa shape index (κ3) is 46.3. The number of unbranched alkanes of at least 4 members (excludes halogenated alkanes) is 27. The number of quaternary nitrogens is 1. The molecular formula is C52H99N2O6P. The topological polar surface area (TPSA) is 108 Å². The molecule has 1 amide bonds. The average molecular weight is 879 g/mol. The summed E-state index contributed by atoms with van der Waals surface area (Å²) in [6.07, 6.45) is 56.0. The number of carbonyl (C=O) groups excluding carboxylic acids is 1. The lowest BCUT2D eigenvalue weighted by molar-refractivity contribution is -0.870. The van der Waals surface area contributed by atoms with E-state index in [1.807, 2.05) is 27.2 Å². The van der Waals surface area contributed by atoms with Gasteiger partial charge in [-0.2, -0.15) is 0 Å². The molecule has 0 saturated heterocycles. The van der Waals surface area contributed by atoms with Gasteiger partial charge in [-0.05, 0) is 70.6 Å². The van der Waals surface area contributed by atoms with E-state index in [2.05, 4.69) is 55.6 Å². The summed E-state index contributed by atoms with van der Waals surface area (Å²) in [5, 5.41) is 13.8. The third-order valence-electron chi connectivity index (χ3n) is 11.2. The van der Waals surface area contributed by atoms with Crippen molar-refractivity contribution in [2.45, 2.75) is 238 Å². The fraction of sp³-hybridized carbons (Fsp3) is 0.827. The number of amides is 1. The highest BCUT2D eigenvalue weighted by atomic mass is 31.2. The summed E-state index contributed by atoms with van der Waals surface area (Å²) in [4.78, 5) is 25.4. The Morgan fingerprint density at radius 2 is 0.918 bits per heavy atom. The van der Waals surface area contributed by atoms with Gasteiger partial charge in [0.1, 0.15) is 13.2 Å². The van der Waals surface area contributed by atoms with Crippen molar-refractivity contribution in [2.24, 2.45) is 0 Å². The van der Waals surface area contributed by atoms with E-state index >= 15 is 0 Å². The summed E-state index contributed by atoms with van der Waals surface area (Å²) < 4.78 is 23.2. The minimum atomic E-state index is -4.60. The molecule has 0 aromatic carbocycles. The number of aliphatic hydroxyl groups is 1. The molecule has 358 valence electrons. The molecule has 0 heterocycles. The Hall–Kier alpha value is -1.54. The predicted molar refractivity (Wildman–Crippen MR) is 261 cm³/mol. The largest absolute Gasteiger partial charge is 0.756 e. The van der Waals surface area contributed by atoms with Crippen LogP contribution in [0.2, 0.25) is 0 Å². The molecule has 0 saturated carbocycles. The van der Waals surface area contributed by atoms with Gasteiger partial charge in [-0.25, -0.2) is 0 Å². The highest BCUT2D eigenvalue weighted by Crippen LogP contribution is 2.38. The van der Waals surface area contributed by atoms with E-state index in [1.165, 1.54) is 161 Å². The molecule has 9 heteroatoms. The second-order valence-electron chi connectivity index (χ2n) is 18.5. The molecule has 0 rings (SSSR count). The maximum absolute atomic E-state index is 12.9.